The molecule has 23 heavy (non-hydrogen) atoms. The lowest BCUT2D eigenvalue weighted by atomic mass is 10.2. The SMILES string of the molecule is COc1ccc(/C=C/c2nc3c(C=O)cccc3o2)cc1OC. The maximum atomic E-state index is 11.0. The molecule has 3 rings (SSSR count). The second kappa shape index (κ2) is 6.36. The van der Waals surface area contributed by atoms with Crippen molar-refractivity contribution in [2.24, 2.45) is 0 Å². The summed E-state index contributed by atoms with van der Waals surface area (Å²) in [5, 5.41) is 0. The van der Waals surface area contributed by atoms with E-state index in [9.17, 15) is 4.79 Å². The number of nitrogens with zero attached hydrogens (tertiary/aromatic N) is 1. The number of carbonyl (C=O) groups is 1. The number of hydrogen-bond donors (Lipinski definition) is 0. The molecule has 0 fully saturated rings. The Morgan fingerprint density at radius 3 is 2.61 bits per heavy atom. The van der Waals surface area contributed by atoms with E-state index in [1.807, 2.05) is 24.3 Å². The number of ether oxygens (including phenoxy) is 2. The van der Waals surface area contributed by atoms with Gasteiger partial charge in [-0.15, -0.1) is 0 Å². The Balaban J connectivity index is 1.92. The Hall–Kier alpha value is -3.08. The minimum absolute atomic E-state index is 0.434. The van der Waals surface area contributed by atoms with Crippen molar-refractivity contribution < 1.29 is 18.7 Å². The quantitative estimate of drug-likeness (QED) is 0.670. The van der Waals surface area contributed by atoms with Crippen LogP contribution in [0.3, 0.4) is 0 Å². The molecule has 0 aliphatic heterocycles. The highest BCUT2D eigenvalue weighted by molar-refractivity contribution is 5.93. The number of benzene rings is 2. The predicted molar refractivity (Wildman–Crippen MR) is 87.9 cm³/mol. The smallest absolute Gasteiger partial charge is 0.220 e. The van der Waals surface area contributed by atoms with Gasteiger partial charge < -0.3 is 13.9 Å². The summed E-state index contributed by atoms with van der Waals surface area (Å²) in [6.45, 7) is 0. The molecular weight excluding hydrogens is 294 g/mol. The van der Waals surface area contributed by atoms with Crippen molar-refractivity contribution in [1.82, 2.24) is 4.98 Å². The van der Waals surface area contributed by atoms with Crippen LogP contribution in [0.1, 0.15) is 21.8 Å². The van der Waals surface area contributed by atoms with E-state index in [-0.39, 0.29) is 0 Å². The van der Waals surface area contributed by atoms with Gasteiger partial charge in [-0.2, -0.15) is 0 Å². The van der Waals surface area contributed by atoms with Gasteiger partial charge in [0.05, 0.1) is 14.2 Å². The van der Waals surface area contributed by atoms with Crippen molar-refractivity contribution in [3.8, 4) is 11.5 Å². The molecular formula is C18H15NO4. The van der Waals surface area contributed by atoms with Crippen LogP contribution in [-0.4, -0.2) is 25.5 Å². The molecule has 1 aromatic heterocycles. The number of oxazole rings is 1. The number of carbonyl (C=O) groups excluding carboxylic acids is 1. The zero-order valence-electron chi connectivity index (χ0n) is 12.8. The number of para-hydroxylation sites is 1. The molecule has 3 aromatic rings. The third kappa shape index (κ3) is 2.94. The fourth-order valence-corrected chi connectivity index (χ4v) is 2.28. The number of aromatic nitrogens is 1. The van der Waals surface area contributed by atoms with Crippen LogP contribution in [0, 0.1) is 0 Å². The summed E-state index contributed by atoms with van der Waals surface area (Å²) in [7, 11) is 3.18. The van der Waals surface area contributed by atoms with Crippen LogP contribution in [0.2, 0.25) is 0 Å². The second-order valence-corrected chi connectivity index (χ2v) is 4.81. The highest BCUT2D eigenvalue weighted by Gasteiger charge is 2.07. The van der Waals surface area contributed by atoms with Gasteiger partial charge in [0.25, 0.3) is 0 Å². The first kappa shape index (κ1) is 14.8. The van der Waals surface area contributed by atoms with E-state index in [0.717, 1.165) is 11.8 Å². The summed E-state index contributed by atoms with van der Waals surface area (Å²) >= 11 is 0. The minimum atomic E-state index is 0.434. The van der Waals surface area contributed by atoms with Crippen LogP contribution >= 0.6 is 0 Å². The first-order valence-corrected chi connectivity index (χ1v) is 7.00. The fraction of sp³-hybridized carbons (Fsp3) is 0.111. The van der Waals surface area contributed by atoms with Crippen molar-refractivity contribution >= 4 is 29.5 Å². The van der Waals surface area contributed by atoms with Gasteiger partial charge in [0.15, 0.2) is 23.4 Å². The van der Waals surface area contributed by atoms with Crippen LogP contribution in [0.15, 0.2) is 40.8 Å². The Morgan fingerprint density at radius 1 is 1.04 bits per heavy atom. The lowest BCUT2D eigenvalue weighted by Crippen LogP contribution is -1.90. The lowest BCUT2D eigenvalue weighted by molar-refractivity contribution is 0.112. The summed E-state index contributed by atoms with van der Waals surface area (Å²) < 4.78 is 16.1. The highest BCUT2D eigenvalue weighted by atomic mass is 16.5. The van der Waals surface area contributed by atoms with Crippen LogP contribution in [0.5, 0.6) is 11.5 Å². The van der Waals surface area contributed by atoms with E-state index in [2.05, 4.69) is 4.98 Å². The number of hydrogen-bond acceptors (Lipinski definition) is 5. The van der Waals surface area contributed by atoms with Crippen LogP contribution in [0.25, 0.3) is 23.3 Å². The van der Waals surface area contributed by atoms with Crippen molar-refractivity contribution in [1.29, 1.82) is 0 Å². The topological polar surface area (TPSA) is 61.6 Å². The molecule has 0 amide bonds. The summed E-state index contributed by atoms with van der Waals surface area (Å²) in [5.41, 5.74) is 2.58. The molecule has 116 valence electrons. The molecule has 0 aliphatic rings. The van der Waals surface area contributed by atoms with Gasteiger partial charge in [0.2, 0.25) is 5.89 Å². The zero-order valence-corrected chi connectivity index (χ0v) is 12.8. The van der Waals surface area contributed by atoms with E-state index in [0.29, 0.717) is 34.1 Å². The van der Waals surface area contributed by atoms with Gasteiger partial charge >= 0.3 is 0 Å². The third-order valence-electron chi connectivity index (χ3n) is 3.42. The Kier molecular flexibility index (Phi) is 4.10. The van der Waals surface area contributed by atoms with E-state index in [4.69, 9.17) is 13.9 Å². The van der Waals surface area contributed by atoms with Crippen LogP contribution in [-0.2, 0) is 0 Å². The molecule has 1 heterocycles. The second-order valence-electron chi connectivity index (χ2n) is 4.81. The Bertz CT molecular complexity index is 880. The number of fused-ring (bicyclic) bond motifs is 1. The van der Waals surface area contributed by atoms with E-state index in [1.165, 1.54) is 0 Å². The number of methoxy groups -OCH3 is 2. The molecule has 0 saturated heterocycles. The minimum Gasteiger partial charge on any atom is -0.493 e. The monoisotopic (exact) mass is 309 g/mol. The first-order valence-electron chi connectivity index (χ1n) is 7.00. The van der Waals surface area contributed by atoms with Crippen molar-refractivity contribution in [3.05, 3.63) is 53.4 Å². The summed E-state index contributed by atoms with van der Waals surface area (Å²) in [5.74, 6) is 1.75. The van der Waals surface area contributed by atoms with Crippen molar-refractivity contribution in [2.75, 3.05) is 14.2 Å². The maximum absolute atomic E-state index is 11.0. The third-order valence-corrected chi connectivity index (χ3v) is 3.42. The molecule has 0 bridgehead atoms. The molecule has 5 nitrogen and oxygen atoms in total. The van der Waals surface area contributed by atoms with Crippen molar-refractivity contribution in [2.45, 2.75) is 0 Å². The number of rotatable bonds is 5. The lowest BCUT2D eigenvalue weighted by Gasteiger charge is -2.07. The fourth-order valence-electron chi connectivity index (χ4n) is 2.28. The van der Waals surface area contributed by atoms with Crippen LogP contribution in [0.4, 0.5) is 0 Å². The first-order chi connectivity index (χ1) is 11.2. The molecule has 0 unspecified atom stereocenters. The Morgan fingerprint density at radius 2 is 1.87 bits per heavy atom. The zero-order chi connectivity index (χ0) is 16.2. The average Bonchev–Trinajstić information content (AvgIpc) is 3.02. The van der Waals surface area contributed by atoms with Crippen LogP contribution < -0.4 is 9.47 Å². The van der Waals surface area contributed by atoms with Gasteiger partial charge in [-0.3, -0.25) is 4.79 Å². The Labute approximate surface area is 133 Å². The summed E-state index contributed by atoms with van der Waals surface area (Å²) in [4.78, 5) is 15.3. The summed E-state index contributed by atoms with van der Waals surface area (Å²) in [6.07, 6.45) is 4.37. The normalized spacial score (nSPS) is 11.0. The molecule has 0 aliphatic carbocycles. The average molecular weight is 309 g/mol. The molecule has 0 N–H and O–H groups in total. The predicted octanol–water partition coefficient (Wildman–Crippen LogP) is 3.83. The van der Waals surface area contributed by atoms with Crippen molar-refractivity contribution in [3.63, 3.8) is 0 Å². The molecule has 0 saturated carbocycles. The van der Waals surface area contributed by atoms with Gasteiger partial charge in [0.1, 0.15) is 5.52 Å². The molecule has 0 radical (unpaired) electrons. The highest BCUT2D eigenvalue weighted by Crippen LogP contribution is 2.28. The van der Waals surface area contributed by atoms with Gasteiger partial charge in [-0.1, -0.05) is 12.1 Å². The van der Waals surface area contributed by atoms with E-state index >= 15 is 0 Å². The van der Waals surface area contributed by atoms with E-state index in [1.54, 1.807) is 38.5 Å². The molecule has 0 atom stereocenters. The standard InChI is InChI=1S/C18H15NO4/c1-21-14-8-6-12(10-16(14)22-2)7-9-17-19-18-13(11-20)4-3-5-15(18)23-17/h3-11H,1-2H3/b9-7+. The maximum Gasteiger partial charge on any atom is 0.220 e. The largest absolute Gasteiger partial charge is 0.493 e. The molecule has 0 spiro atoms. The molecule has 2 aromatic carbocycles. The number of aldehydes is 1. The van der Waals surface area contributed by atoms with Gasteiger partial charge in [0, 0.05) is 11.6 Å². The van der Waals surface area contributed by atoms with E-state index < -0.39 is 0 Å². The van der Waals surface area contributed by atoms with Gasteiger partial charge in [-0.05, 0) is 35.9 Å². The summed E-state index contributed by atoms with van der Waals surface area (Å²) in [6, 6.07) is 10.8. The van der Waals surface area contributed by atoms with Gasteiger partial charge in [-0.25, -0.2) is 4.98 Å². The molecule has 5 heteroatoms.